The molecule has 0 radical (unpaired) electrons. The SMILES string of the molecule is COC(=O)C(C)NCC(=O)Nc1cc(Cl)ccc1C. The van der Waals surface area contributed by atoms with Crippen LogP contribution in [0.2, 0.25) is 5.02 Å². The largest absolute Gasteiger partial charge is 0.468 e. The standard InChI is InChI=1S/C13H17ClN2O3/c1-8-4-5-10(14)6-11(8)16-12(17)7-15-9(2)13(18)19-3/h4-6,9,15H,7H2,1-3H3,(H,16,17). The van der Waals surface area contributed by atoms with Crippen molar-refractivity contribution in [3.05, 3.63) is 28.8 Å². The molecule has 0 fully saturated rings. The first-order valence-corrected chi connectivity index (χ1v) is 6.19. The minimum Gasteiger partial charge on any atom is -0.468 e. The molecule has 2 N–H and O–H groups in total. The number of halogens is 1. The number of ether oxygens (including phenoxy) is 1. The van der Waals surface area contributed by atoms with Gasteiger partial charge in [0.25, 0.3) is 0 Å². The highest BCUT2D eigenvalue weighted by atomic mass is 35.5. The van der Waals surface area contributed by atoms with Gasteiger partial charge < -0.3 is 10.1 Å². The van der Waals surface area contributed by atoms with Crippen molar-refractivity contribution in [2.75, 3.05) is 19.0 Å². The molecule has 1 unspecified atom stereocenters. The lowest BCUT2D eigenvalue weighted by Crippen LogP contribution is -2.39. The molecule has 0 saturated carbocycles. The first-order chi connectivity index (χ1) is 8.93. The maximum absolute atomic E-state index is 11.7. The van der Waals surface area contributed by atoms with Gasteiger partial charge in [0.05, 0.1) is 13.7 Å². The molecule has 0 aliphatic carbocycles. The van der Waals surface area contributed by atoms with Gasteiger partial charge in [0.2, 0.25) is 5.91 Å². The zero-order valence-electron chi connectivity index (χ0n) is 11.1. The Kier molecular flexibility index (Phi) is 5.79. The van der Waals surface area contributed by atoms with Crippen LogP contribution in [0.4, 0.5) is 5.69 Å². The second kappa shape index (κ2) is 7.11. The quantitative estimate of drug-likeness (QED) is 0.808. The molecule has 0 saturated heterocycles. The number of esters is 1. The Morgan fingerprint density at radius 1 is 1.42 bits per heavy atom. The molecule has 1 aromatic carbocycles. The van der Waals surface area contributed by atoms with Crippen LogP contribution >= 0.6 is 11.6 Å². The number of methoxy groups -OCH3 is 1. The molecule has 0 heterocycles. The van der Waals surface area contributed by atoms with Crippen molar-refractivity contribution in [3.63, 3.8) is 0 Å². The van der Waals surface area contributed by atoms with Crippen molar-refractivity contribution >= 4 is 29.2 Å². The summed E-state index contributed by atoms with van der Waals surface area (Å²) in [4.78, 5) is 22.9. The van der Waals surface area contributed by atoms with E-state index in [1.165, 1.54) is 7.11 Å². The van der Waals surface area contributed by atoms with E-state index in [1.807, 2.05) is 13.0 Å². The number of amides is 1. The fourth-order valence-electron chi connectivity index (χ4n) is 1.43. The minimum atomic E-state index is -0.531. The Labute approximate surface area is 117 Å². The molecular weight excluding hydrogens is 268 g/mol. The van der Waals surface area contributed by atoms with Crippen LogP contribution in [0.3, 0.4) is 0 Å². The molecule has 6 heteroatoms. The van der Waals surface area contributed by atoms with Crippen molar-refractivity contribution in [1.29, 1.82) is 0 Å². The molecule has 1 atom stereocenters. The van der Waals surface area contributed by atoms with Gasteiger partial charge in [0.1, 0.15) is 6.04 Å². The van der Waals surface area contributed by atoms with E-state index in [9.17, 15) is 9.59 Å². The van der Waals surface area contributed by atoms with Gasteiger partial charge in [-0.2, -0.15) is 0 Å². The lowest BCUT2D eigenvalue weighted by atomic mass is 10.2. The number of nitrogens with one attached hydrogen (secondary N) is 2. The number of aryl methyl sites for hydroxylation is 1. The van der Waals surface area contributed by atoms with E-state index in [4.69, 9.17) is 11.6 Å². The maximum Gasteiger partial charge on any atom is 0.322 e. The summed E-state index contributed by atoms with van der Waals surface area (Å²) in [6, 6.07) is 4.72. The first kappa shape index (κ1) is 15.5. The lowest BCUT2D eigenvalue weighted by Gasteiger charge is -2.12. The van der Waals surface area contributed by atoms with Gasteiger partial charge in [-0.3, -0.25) is 14.9 Å². The highest BCUT2D eigenvalue weighted by molar-refractivity contribution is 6.31. The van der Waals surface area contributed by atoms with Crippen molar-refractivity contribution in [2.45, 2.75) is 19.9 Å². The molecule has 19 heavy (non-hydrogen) atoms. The summed E-state index contributed by atoms with van der Waals surface area (Å²) >= 11 is 5.86. The number of benzene rings is 1. The second-order valence-electron chi connectivity index (χ2n) is 4.13. The maximum atomic E-state index is 11.7. The second-order valence-corrected chi connectivity index (χ2v) is 4.57. The first-order valence-electron chi connectivity index (χ1n) is 5.81. The van der Waals surface area contributed by atoms with Crippen LogP contribution in [0.5, 0.6) is 0 Å². The zero-order chi connectivity index (χ0) is 14.4. The Hall–Kier alpha value is -1.59. The Morgan fingerprint density at radius 2 is 2.11 bits per heavy atom. The molecule has 104 valence electrons. The van der Waals surface area contributed by atoms with E-state index >= 15 is 0 Å². The van der Waals surface area contributed by atoms with Crippen LogP contribution in [0.1, 0.15) is 12.5 Å². The highest BCUT2D eigenvalue weighted by Crippen LogP contribution is 2.19. The zero-order valence-corrected chi connectivity index (χ0v) is 11.9. The van der Waals surface area contributed by atoms with E-state index in [1.54, 1.807) is 19.1 Å². The molecule has 0 aromatic heterocycles. The predicted molar refractivity (Wildman–Crippen MR) is 74.3 cm³/mol. The summed E-state index contributed by atoms with van der Waals surface area (Å²) in [7, 11) is 1.30. The Morgan fingerprint density at radius 3 is 2.74 bits per heavy atom. The van der Waals surface area contributed by atoms with Gasteiger partial charge in [-0.25, -0.2) is 0 Å². The average Bonchev–Trinajstić information content (AvgIpc) is 2.39. The van der Waals surface area contributed by atoms with E-state index < -0.39 is 12.0 Å². The highest BCUT2D eigenvalue weighted by Gasteiger charge is 2.14. The van der Waals surface area contributed by atoms with Gasteiger partial charge in [-0.05, 0) is 31.5 Å². The summed E-state index contributed by atoms with van der Waals surface area (Å²) in [5.41, 5.74) is 1.57. The van der Waals surface area contributed by atoms with Gasteiger partial charge in [-0.15, -0.1) is 0 Å². The number of carbonyl (C=O) groups excluding carboxylic acids is 2. The van der Waals surface area contributed by atoms with Gasteiger partial charge in [0, 0.05) is 10.7 Å². The van der Waals surface area contributed by atoms with Crippen molar-refractivity contribution in [3.8, 4) is 0 Å². The predicted octanol–water partition coefficient (Wildman–Crippen LogP) is 1.74. The normalized spacial score (nSPS) is 11.8. The van der Waals surface area contributed by atoms with Gasteiger partial charge in [0.15, 0.2) is 0 Å². The summed E-state index contributed by atoms with van der Waals surface area (Å²) in [6.45, 7) is 3.52. The molecule has 1 rings (SSSR count). The van der Waals surface area contributed by atoms with Crippen LogP contribution in [0.25, 0.3) is 0 Å². The number of hydrogen-bond donors (Lipinski definition) is 2. The van der Waals surface area contributed by atoms with E-state index in [-0.39, 0.29) is 12.5 Å². The number of anilines is 1. The van der Waals surface area contributed by atoms with Gasteiger partial charge >= 0.3 is 5.97 Å². The van der Waals surface area contributed by atoms with Crippen LogP contribution in [0.15, 0.2) is 18.2 Å². The Bertz CT molecular complexity index is 477. The third-order valence-electron chi connectivity index (χ3n) is 2.60. The van der Waals surface area contributed by atoms with E-state index in [0.717, 1.165) is 5.56 Å². The smallest absolute Gasteiger partial charge is 0.322 e. The van der Waals surface area contributed by atoms with Crippen LogP contribution in [-0.2, 0) is 14.3 Å². The van der Waals surface area contributed by atoms with Crippen molar-refractivity contribution < 1.29 is 14.3 Å². The molecular formula is C13H17ClN2O3. The summed E-state index contributed by atoms with van der Waals surface area (Å²) in [5.74, 6) is -0.659. The molecule has 0 aliphatic rings. The molecule has 1 aromatic rings. The molecule has 5 nitrogen and oxygen atoms in total. The summed E-state index contributed by atoms with van der Waals surface area (Å²) in [6.07, 6.45) is 0. The summed E-state index contributed by atoms with van der Waals surface area (Å²) < 4.78 is 4.55. The van der Waals surface area contributed by atoms with Crippen molar-refractivity contribution in [1.82, 2.24) is 5.32 Å². The van der Waals surface area contributed by atoms with Crippen LogP contribution in [-0.4, -0.2) is 31.6 Å². The van der Waals surface area contributed by atoms with Crippen molar-refractivity contribution in [2.24, 2.45) is 0 Å². The number of rotatable bonds is 5. The molecule has 1 amide bonds. The van der Waals surface area contributed by atoms with Gasteiger partial charge in [-0.1, -0.05) is 17.7 Å². The molecule has 0 spiro atoms. The molecule has 0 bridgehead atoms. The summed E-state index contributed by atoms with van der Waals surface area (Å²) in [5, 5.41) is 6.05. The average molecular weight is 285 g/mol. The fourth-order valence-corrected chi connectivity index (χ4v) is 1.60. The minimum absolute atomic E-state index is 0.0161. The third kappa shape index (κ3) is 4.89. The van der Waals surface area contributed by atoms with Crippen LogP contribution in [0, 0.1) is 6.92 Å². The van der Waals surface area contributed by atoms with Crippen LogP contribution < -0.4 is 10.6 Å². The number of hydrogen-bond acceptors (Lipinski definition) is 4. The fraction of sp³-hybridized carbons (Fsp3) is 0.385. The number of carbonyl (C=O) groups is 2. The topological polar surface area (TPSA) is 67.4 Å². The van der Waals surface area contributed by atoms with E-state index in [0.29, 0.717) is 10.7 Å². The third-order valence-corrected chi connectivity index (χ3v) is 2.83. The lowest BCUT2D eigenvalue weighted by molar-refractivity contribution is -0.142. The molecule has 0 aliphatic heterocycles. The van der Waals surface area contributed by atoms with E-state index in [2.05, 4.69) is 15.4 Å². The Balaban J connectivity index is 2.52. The monoisotopic (exact) mass is 284 g/mol.